The van der Waals surface area contributed by atoms with Crippen LogP contribution >= 0.6 is 22.6 Å². The summed E-state index contributed by atoms with van der Waals surface area (Å²) in [5.41, 5.74) is 6.62. The van der Waals surface area contributed by atoms with E-state index in [0.29, 0.717) is 31.1 Å². The minimum atomic E-state index is 0.307. The number of benzene rings is 1. The Morgan fingerprint density at radius 2 is 2.00 bits per heavy atom. The lowest BCUT2D eigenvalue weighted by Crippen LogP contribution is -2.13. The molecule has 2 N–H and O–H groups in total. The van der Waals surface area contributed by atoms with Gasteiger partial charge in [0.1, 0.15) is 5.78 Å². The molecule has 1 aromatic carbocycles. The van der Waals surface area contributed by atoms with E-state index in [1.54, 1.807) is 0 Å². The average molecular weight is 331 g/mol. The molecule has 2 nitrogen and oxygen atoms in total. The summed E-state index contributed by atoms with van der Waals surface area (Å²) in [7, 11) is 0. The molecule has 0 aliphatic rings. The van der Waals surface area contributed by atoms with Crippen LogP contribution < -0.4 is 5.73 Å². The highest BCUT2D eigenvalue weighted by Gasteiger charge is 2.06. The Morgan fingerprint density at radius 3 is 2.56 bits per heavy atom. The van der Waals surface area contributed by atoms with E-state index in [-0.39, 0.29) is 0 Å². The number of hydrogen-bond acceptors (Lipinski definition) is 2. The maximum absolute atomic E-state index is 11.7. The lowest BCUT2D eigenvalue weighted by molar-refractivity contribution is -0.118. The number of Topliss-reactive ketones (excluding diaryl/α,β-unsaturated/α-hetero) is 1. The molecule has 0 saturated heterocycles. The topological polar surface area (TPSA) is 43.1 Å². The van der Waals surface area contributed by atoms with Gasteiger partial charge in [-0.15, -0.1) is 0 Å². The molecule has 3 heteroatoms. The van der Waals surface area contributed by atoms with E-state index in [0.717, 1.165) is 12.0 Å². The minimum Gasteiger partial charge on any atom is -0.330 e. The van der Waals surface area contributed by atoms with E-state index in [1.165, 1.54) is 3.57 Å². The van der Waals surface area contributed by atoms with Crippen LogP contribution in [0.15, 0.2) is 24.3 Å². The quantitative estimate of drug-likeness (QED) is 0.815. The lowest BCUT2D eigenvalue weighted by atomic mass is 10.0. The second kappa shape index (κ2) is 7.01. The molecule has 1 rings (SSSR count). The minimum absolute atomic E-state index is 0.307. The maximum atomic E-state index is 11.7. The Morgan fingerprint density at radius 1 is 1.38 bits per heavy atom. The van der Waals surface area contributed by atoms with Crippen molar-refractivity contribution in [2.75, 3.05) is 6.54 Å². The summed E-state index contributed by atoms with van der Waals surface area (Å²) in [6, 6.07) is 8.11. The largest absolute Gasteiger partial charge is 0.330 e. The molecule has 0 radical (unpaired) electrons. The first-order valence-corrected chi connectivity index (χ1v) is 6.66. The van der Waals surface area contributed by atoms with Gasteiger partial charge in [0.25, 0.3) is 0 Å². The summed E-state index contributed by atoms with van der Waals surface area (Å²) in [6.45, 7) is 2.75. The molecule has 0 bridgehead atoms. The van der Waals surface area contributed by atoms with E-state index in [9.17, 15) is 4.79 Å². The zero-order valence-electron chi connectivity index (χ0n) is 9.58. The van der Waals surface area contributed by atoms with Crippen molar-refractivity contribution >= 4 is 28.4 Å². The second-order valence-electron chi connectivity index (χ2n) is 4.22. The van der Waals surface area contributed by atoms with Gasteiger partial charge >= 0.3 is 0 Å². The van der Waals surface area contributed by atoms with Gasteiger partial charge < -0.3 is 5.73 Å². The molecule has 0 amide bonds. The number of carbonyl (C=O) groups excluding carboxylic acids is 1. The van der Waals surface area contributed by atoms with Gasteiger partial charge in [-0.3, -0.25) is 4.79 Å². The molecule has 0 saturated carbocycles. The van der Waals surface area contributed by atoms with Crippen LogP contribution in [0, 0.1) is 9.49 Å². The number of ketones is 1. The molecular weight excluding hydrogens is 313 g/mol. The highest BCUT2D eigenvalue weighted by atomic mass is 127. The van der Waals surface area contributed by atoms with Crippen molar-refractivity contribution in [3.63, 3.8) is 0 Å². The van der Waals surface area contributed by atoms with Crippen LogP contribution in [-0.4, -0.2) is 12.3 Å². The van der Waals surface area contributed by atoms with Crippen LogP contribution in [0.5, 0.6) is 0 Å². The first kappa shape index (κ1) is 13.6. The molecule has 1 atom stereocenters. The van der Waals surface area contributed by atoms with Crippen molar-refractivity contribution in [3.05, 3.63) is 33.4 Å². The number of nitrogens with two attached hydrogens (primary N) is 1. The molecule has 0 fully saturated rings. The number of carbonyl (C=O) groups is 1. The Hall–Kier alpha value is -0.420. The second-order valence-corrected chi connectivity index (χ2v) is 5.47. The van der Waals surface area contributed by atoms with E-state index < -0.39 is 0 Å². The van der Waals surface area contributed by atoms with Crippen molar-refractivity contribution in [1.29, 1.82) is 0 Å². The SMILES string of the molecule is CC(CN)CCC(=O)Cc1ccc(I)cc1. The summed E-state index contributed by atoms with van der Waals surface area (Å²) in [5, 5.41) is 0. The van der Waals surface area contributed by atoms with Crippen molar-refractivity contribution in [2.24, 2.45) is 11.7 Å². The third kappa shape index (κ3) is 5.07. The number of hydrogen-bond donors (Lipinski definition) is 1. The van der Waals surface area contributed by atoms with Crippen LogP contribution in [0.1, 0.15) is 25.3 Å². The fraction of sp³-hybridized carbons (Fsp3) is 0.462. The van der Waals surface area contributed by atoms with E-state index in [1.807, 2.05) is 24.3 Å². The summed E-state index contributed by atoms with van der Waals surface area (Å²) >= 11 is 2.26. The Balaban J connectivity index is 2.37. The van der Waals surface area contributed by atoms with E-state index in [2.05, 4.69) is 29.5 Å². The third-order valence-electron chi connectivity index (χ3n) is 2.63. The molecule has 1 unspecified atom stereocenters. The first-order chi connectivity index (χ1) is 7.61. The summed E-state index contributed by atoms with van der Waals surface area (Å²) in [5.74, 6) is 0.752. The van der Waals surface area contributed by atoms with Gasteiger partial charge in [-0.25, -0.2) is 0 Å². The third-order valence-corrected chi connectivity index (χ3v) is 3.35. The predicted molar refractivity (Wildman–Crippen MR) is 75.3 cm³/mol. The smallest absolute Gasteiger partial charge is 0.137 e. The van der Waals surface area contributed by atoms with E-state index in [4.69, 9.17) is 5.73 Å². The molecule has 0 heterocycles. The number of rotatable bonds is 6. The van der Waals surface area contributed by atoms with Crippen LogP contribution in [0.4, 0.5) is 0 Å². The highest BCUT2D eigenvalue weighted by molar-refractivity contribution is 14.1. The monoisotopic (exact) mass is 331 g/mol. The normalized spacial score (nSPS) is 12.4. The van der Waals surface area contributed by atoms with Gasteiger partial charge in [-0.2, -0.15) is 0 Å². The van der Waals surface area contributed by atoms with Gasteiger partial charge in [0, 0.05) is 16.4 Å². The molecule has 1 aromatic rings. The van der Waals surface area contributed by atoms with Gasteiger partial charge in [-0.1, -0.05) is 19.1 Å². The zero-order chi connectivity index (χ0) is 12.0. The maximum Gasteiger partial charge on any atom is 0.137 e. The van der Waals surface area contributed by atoms with Gasteiger partial charge in [-0.05, 0) is 59.2 Å². The fourth-order valence-electron chi connectivity index (χ4n) is 1.44. The summed E-state index contributed by atoms with van der Waals surface area (Å²) in [4.78, 5) is 11.7. The number of halogens is 1. The van der Waals surface area contributed by atoms with Gasteiger partial charge in [0.2, 0.25) is 0 Å². The average Bonchev–Trinajstić information content (AvgIpc) is 2.29. The van der Waals surface area contributed by atoms with E-state index >= 15 is 0 Å². The molecule has 16 heavy (non-hydrogen) atoms. The molecule has 0 aromatic heterocycles. The molecule has 0 aliphatic carbocycles. The molecule has 0 spiro atoms. The molecule has 88 valence electrons. The van der Waals surface area contributed by atoms with Crippen LogP contribution in [0.3, 0.4) is 0 Å². The zero-order valence-corrected chi connectivity index (χ0v) is 11.7. The Kier molecular flexibility index (Phi) is 5.98. The van der Waals surface area contributed by atoms with Gasteiger partial charge in [0.05, 0.1) is 0 Å². The fourth-order valence-corrected chi connectivity index (χ4v) is 1.80. The van der Waals surface area contributed by atoms with Crippen LogP contribution in [0.2, 0.25) is 0 Å². The first-order valence-electron chi connectivity index (χ1n) is 5.58. The van der Waals surface area contributed by atoms with Crippen molar-refractivity contribution in [2.45, 2.75) is 26.2 Å². The summed E-state index contributed by atoms with van der Waals surface area (Å²) in [6.07, 6.45) is 2.10. The Bertz CT molecular complexity index is 334. The van der Waals surface area contributed by atoms with Crippen molar-refractivity contribution < 1.29 is 4.79 Å². The highest BCUT2D eigenvalue weighted by Crippen LogP contribution is 2.10. The summed E-state index contributed by atoms with van der Waals surface area (Å²) < 4.78 is 1.20. The van der Waals surface area contributed by atoms with Crippen molar-refractivity contribution in [1.82, 2.24) is 0 Å². The van der Waals surface area contributed by atoms with Crippen LogP contribution in [-0.2, 0) is 11.2 Å². The molecular formula is C13H18INO. The van der Waals surface area contributed by atoms with Crippen LogP contribution in [0.25, 0.3) is 0 Å². The predicted octanol–water partition coefficient (Wildman–Crippen LogP) is 2.78. The van der Waals surface area contributed by atoms with Crippen molar-refractivity contribution in [3.8, 4) is 0 Å². The Labute approximate surface area is 111 Å². The lowest BCUT2D eigenvalue weighted by Gasteiger charge is -2.07. The van der Waals surface area contributed by atoms with Gasteiger partial charge in [0.15, 0.2) is 0 Å². The molecule has 0 aliphatic heterocycles. The standard InChI is InChI=1S/C13H18INO/c1-10(9-15)2-7-13(16)8-11-3-5-12(14)6-4-11/h3-6,10H,2,7-9,15H2,1H3.